The molecule has 0 spiro atoms. The van der Waals surface area contributed by atoms with E-state index in [4.69, 9.17) is 4.52 Å². The van der Waals surface area contributed by atoms with Crippen LogP contribution in [0.25, 0.3) is 0 Å². The second-order valence-corrected chi connectivity index (χ2v) is 7.20. The maximum absolute atomic E-state index is 12.3. The standard InChI is InChI=1S/C20H28N4O3/c1-14-18(15(2)27-23-14)6-3-9-21-20(26)17-7-8-19(22-11-17)24-10-4-5-16(12-24)13-25/h7-8,11,16,25H,3-6,9-10,12-13H2,1-2H3,(H,21,26). The number of aromatic nitrogens is 2. The average Bonchev–Trinajstić information content (AvgIpc) is 3.03. The van der Waals surface area contributed by atoms with Crippen LogP contribution in [-0.4, -0.2) is 47.4 Å². The summed E-state index contributed by atoms with van der Waals surface area (Å²) in [5.74, 6) is 1.91. The second-order valence-electron chi connectivity index (χ2n) is 7.20. The molecule has 0 saturated carbocycles. The fourth-order valence-electron chi connectivity index (χ4n) is 3.56. The highest BCUT2D eigenvalue weighted by atomic mass is 16.5. The summed E-state index contributed by atoms with van der Waals surface area (Å²) >= 11 is 0. The van der Waals surface area contributed by atoms with Gasteiger partial charge in [-0.2, -0.15) is 0 Å². The van der Waals surface area contributed by atoms with Crippen LogP contribution in [0.15, 0.2) is 22.9 Å². The minimum absolute atomic E-state index is 0.111. The molecule has 1 atom stereocenters. The molecular formula is C20H28N4O3. The zero-order valence-corrected chi connectivity index (χ0v) is 16.1. The number of carbonyl (C=O) groups is 1. The topological polar surface area (TPSA) is 91.5 Å². The number of hydrogen-bond donors (Lipinski definition) is 2. The predicted molar refractivity (Wildman–Crippen MR) is 103 cm³/mol. The van der Waals surface area contributed by atoms with Gasteiger partial charge in [-0.25, -0.2) is 4.98 Å². The third-order valence-electron chi connectivity index (χ3n) is 5.18. The Hall–Kier alpha value is -2.41. The van der Waals surface area contributed by atoms with E-state index < -0.39 is 0 Å². The Morgan fingerprint density at radius 3 is 2.93 bits per heavy atom. The Morgan fingerprint density at radius 1 is 1.41 bits per heavy atom. The number of nitrogens with one attached hydrogen (secondary N) is 1. The van der Waals surface area contributed by atoms with E-state index in [1.807, 2.05) is 26.0 Å². The summed E-state index contributed by atoms with van der Waals surface area (Å²) in [6.45, 7) is 6.41. The second kappa shape index (κ2) is 8.99. The summed E-state index contributed by atoms with van der Waals surface area (Å²) < 4.78 is 5.15. The van der Waals surface area contributed by atoms with E-state index in [-0.39, 0.29) is 12.5 Å². The molecule has 2 N–H and O–H groups in total. The van der Waals surface area contributed by atoms with Crippen LogP contribution >= 0.6 is 0 Å². The van der Waals surface area contributed by atoms with Gasteiger partial charge in [0.25, 0.3) is 5.91 Å². The van der Waals surface area contributed by atoms with Crippen LogP contribution in [0.5, 0.6) is 0 Å². The van der Waals surface area contributed by atoms with Gasteiger partial charge in [0, 0.05) is 38.0 Å². The number of aliphatic hydroxyl groups is 1. The van der Waals surface area contributed by atoms with E-state index in [9.17, 15) is 9.90 Å². The largest absolute Gasteiger partial charge is 0.396 e. The quantitative estimate of drug-likeness (QED) is 0.725. The third kappa shape index (κ3) is 4.86. The minimum atomic E-state index is -0.111. The molecule has 146 valence electrons. The zero-order valence-electron chi connectivity index (χ0n) is 16.1. The molecule has 1 fully saturated rings. The Kier molecular flexibility index (Phi) is 6.45. The van der Waals surface area contributed by atoms with Gasteiger partial charge in [-0.1, -0.05) is 5.16 Å². The van der Waals surface area contributed by atoms with Crippen molar-refractivity contribution in [1.82, 2.24) is 15.5 Å². The summed E-state index contributed by atoms with van der Waals surface area (Å²) in [6, 6.07) is 3.70. The van der Waals surface area contributed by atoms with Crippen molar-refractivity contribution < 1.29 is 14.4 Å². The van der Waals surface area contributed by atoms with Crippen LogP contribution in [0.2, 0.25) is 0 Å². The van der Waals surface area contributed by atoms with Crippen LogP contribution < -0.4 is 10.2 Å². The van der Waals surface area contributed by atoms with Crippen LogP contribution in [0, 0.1) is 19.8 Å². The third-order valence-corrected chi connectivity index (χ3v) is 5.18. The van der Waals surface area contributed by atoms with E-state index in [2.05, 4.69) is 20.4 Å². The fourth-order valence-corrected chi connectivity index (χ4v) is 3.56. The van der Waals surface area contributed by atoms with Gasteiger partial charge in [-0.15, -0.1) is 0 Å². The number of aliphatic hydroxyl groups excluding tert-OH is 1. The van der Waals surface area contributed by atoms with Gasteiger partial charge < -0.3 is 19.8 Å². The number of hydrogen-bond acceptors (Lipinski definition) is 6. The lowest BCUT2D eigenvalue weighted by atomic mass is 9.99. The van der Waals surface area contributed by atoms with Gasteiger partial charge >= 0.3 is 0 Å². The van der Waals surface area contributed by atoms with E-state index in [1.165, 1.54) is 0 Å². The Bertz CT molecular complexity index is 738. The van der Waals surface area contributed by atoms with E-state index in [0.29, 0.717) is 18.0 Å². The number of carbonyl (C=O) groups excluding carboxylic acids is 1. The summed E-state index contributed by atoms with van der Waals surface area (Å²) in [6.07, 6.45) is 5.40. The van der Waals surface area contributed by atoms with Gasteiger partial charge in [0.2, 0.25) is 0 Å². The maximum Gasteiger partial charge on any atom is 0.252 e. The molecule has 1 amide bonds. The van der Waals surface area contributed by atoms with Crippen molar-refractivity contribution in [3.8, 4) is 0 Å². The van der Waals surface area contributed by atoms with Crippen molar-refractivity contribution >= 4 is 11.7 Å². The highest BCUT2D eigenvalue weighted by Crippen LogP contribution is 2.21. The summed E-state index contributed by atoms with van der Waals surface area (Å²) in [5.41, 5.74) is 2.60. The number of rotatable bonds is 7. The van der Waals surface area contributed by atoms with Crippen molar-refractivity contribution in [1.29, 1.82) is 0 Å². The molecule has 7 heteroatoms. The molecule has 0 bridgehead atoms. The summed E-state index contributed by atoms with van der Waals surface area (Å²) in [7, 11) is 0. The molecule has 3 heterocycles. The molecule has 27 heavy (non-hydrogen) atoms. The lowest BCUT2D eigenvalue weighted by Gasteiger charge is -2.32. The number of piperidine rings is 1. The highest BCUT2D eigenvalue weighted by molar-refractivity contribution is 5.94. The van der Waals surface area contributed by atoms with Gasteiger partial charge in [0.1, 0.15) is 11.6 Å². The normalized spacial score (nSPS) is 17.1. The van der Waals surface area contributed by atoms with Gasteiger partial charge in [-0.3, -0.25) is 4.79 Å². The molecule has 1 aliphatic heterocycles. The van der Waals surface area contributed by atoms with Crippen molar-refractivity contribution in [2.75, 3.05) is 31.1 Å². The SMILES string of the molecule is Cc1noc(C)c1CCCNC(=O)c1ccc(N2CCCC(CO)C2)nc1. The molecule has 3 rings (SSSR count). The number of aryl methyl sites for hydroxylation is 2. The average molecular weight is 372 g/mol. The first-order chi connectivity index (χ1) is 13.1. The van der Waals surface area contributed by atoms with Gasteiger partial charge in [0.15, 0.2) is 0 Å². The summed E-state index contributed by atoms with van der Waals surface area (Å²) in [5, 5.41) is 16.2. The lowest BCUT2D eigenvalue weighted by molar-refractivity contribution is 0.0953. The fraction of sp³-hybridized carbons (Fsp3) is 0.550. The van der Waals surface area contributed by atoms with Crippen LogP contribution in [0.1, 0.15) is 46.6 Å². The summed E-state index contributed by atoms with van der Waals surface area (Å²) in [4.78, 5) is 18.9. The van der Waals surface area contributed by atoms with Crippen molar-refractivity contribution in [2.24, 2.45) is 5.92 Å². The highest BCUT2D eigenvalue weighted by Gasteiger charge is 2.20. The van der Waals surface area contributed by atoms with Crippen molar-refractivity contribution in [3.63, 3.8) is 0 Å². The Balaban J connectivity index is 1.47. The maximum atomic E-state index is 12.3. The minimum Gasteiger partial charge on any atom is -0.396 e. The number of anilines is 1. The number of amides is 1. The lowest BCUT2D eigenvalue weighted by Crippen LogP contribution is -2.37. The monoisotopic (exact) mass is 372 g/mol. The number of pyridine rings is 1. The molecular weight excluding hydrogens is 344 g/mol. The smallest absolute Gasteiger partial charge is 0.252 e. The number of nitrogens with zero attached hydrogens (tertiary/aromatic N) is 3. The molecule has 1 aliphatic rings. The molecule has 1 saturated heterocycles. The van der Waals surface area contributed by atoms with Crippen LogP contribution in [0.4, 0.5) is 5.82 Å². The molecule has 0 aromatic carbocycles. The first-order valence-electron chi connectivity index (χ1n) is 9.60. The van der Waals surface area contributed by atoms with E-state index in [0.717, 1.165) is 61.6 Å². The molecule has 2 aromatic heterocycles. The first kappa shape index (κ1) is 19.4. The van der Waals surface area contributed by atoms with Crippen LogP contribution in [-0.2, 0) is 6.42 Å². The van der Waals surface area contributed by atoms with Crippen molar-refractivity contribution in [3.05, 3.63) is 40.9 Å². The first-order valence-corrected chi connectivity index (χ1v) is 9.60. The molecule has 0 aliphatic carbocycles. The Labute approximate surface area is 159 Å². The van der Waals surface area contributed by atoms with Crippen molar-refractivity contribution in [2.45, 2.75) is 39.5 Å². The molecule has 0 radical (unpaired) electrons. The molecule has 1 unspecified atom stereocenters. The van der Waals surface area contributed by atoms with Gasteiger partial charge in [0.05, 0.1) is 11.3 Å². The zero-order chi connectivity index (χ0) is 19.2. The molecule has 7 nitrogen and oxygen atoms in total. The van der Waals surface area contributed by atoms with E-state index >= 15 is 0 Å². The van der Waals surface area contributed by atoms with E-state index in [1.54, 1.807) is 6.20 Å². The van der Waals surface area contributed by atoms with Gasteiger partial charge in [-0.05, 0) is 57.6 Å². The molecule has 2 aromatic rings. The van der Waals surface area contributed by atoms with Crippen LogP contribution in [0.3, 0.4) is 0 Å². The predicted octanol–water partition coefficient (Wildman–Crippen LogP) is 2.26. The Morgan fingerprint density at radius 2 is 2.26 bits per heavy atom.